The Kier molecular flexibility index (Phi) is 4.77. The molecule has 1 aliphatic carbocycles. The molecule has 0 aromatic heterocycles. The summed E-state index contributed by atoms with van der Waals surface area (Å²) in [6.07, 6.45) is 3.16. The molecule has 0 bridgehead atoms. The molecule has 0 fully saturated rings. The van der Waals surface area contributed by atoms with Crippen molar-refractivity contribution in [1.29, 1.82) is 0 Å². The second-order valence-electron chi connectivity index (χ2n) is 5.73. The fraction of sp³-hybridized carbons (Fsp3) is 0.250. The first-order valence-electron chi connectivity index (χ1n) is 8.03. The van der Waals surface area contributed by atoms with Crippen molar-refractivity contribution >= 4 is 11.5 Å². The summed E-state index contributed by atoms with van der Waals surface area (Å²) in [6, 6.07) is 18.1. The van der Waals surface area contributed by atoms with Crippen LogP contribution in [0.2, 0.25) is 0 Å². The van der Waals surface area contributed by atoms with Crippen molar-refractivity contribution in [1.82, 2.24) is 0 Å². The highest BCUT2D eigenvalue weighted by Crippen LogP contribution is 2.32. The van der Waals surface area contributed by atoms with Gasteiger partial charge in [-0.25, -0.2) is 0 Å². The molecule has 0 spiro atoms. The maximum atomic E-state index is 12.1. The lowest BCUT2D eigenvalue weighted by atomic mass is 9.85. The van der Waals surface area contributed by atoms with E-state index in [9.17, 15) is 4.79 Å². The van der Waals surface area contributed by atoms with Crippen LogP contribution in [0.15, 0.2) is 66.4 Å². The van der Waals surface area contributed by atoms with Gasteiger partial charge in [0.25, 0.3) is 0 Å². The minimum atomic E-state index is 0.179. The highest BCUT2D eigenvalue weighted by atomic mass is 16.5. The van der Waals surface area contributed by atoms with Gasteiger partial charge in [-0.05, 0) is 49.1 Å². The zero-order valence-corrected chi connectivity index (χ0v) is 13.3. The Morgan fingerprint density at radius 1 is 1.04 bits per heavy atom. The number of hydrogen-bond acceptors (Lipinski definition) is 3. The molecule has 0 saturated heterocycles. The van der Waals surface area contributed by atoms with Crippen molar-refractivity contribution < 1.29 is 9.53 Å². The van der Waals surface area contributed by atoms with Crippen molar-refractivity contribution in [2.45, 2.75) is 25.7 Å². The predicted octanol–water partition coefficient (Wildman–Crippen LogP) is 4.53. The summed E-state index contributed by atoms with van der Waals surface area (Å²) in [5, 5.41) is 3.37. The zero-order chi connectivity index (χ0) is 16.1. The lowest BCUT2D eigenvalue weighted by molar-refractivity contribution is -0.115. The second-order valence-corrected chi connectivity index (χ2v) is 5.73. The minimum absolute atomic E-state index is 0.179. The number of carbonyl (C=O) groups excluding carboxylic acids is 1. The summed E-state index contributed by atoms with van der Waals surface area (Å²) in [4.78, 5) is 12.1. The van der Waals surface area contributed by atoms with Crippen LogP contribution in [0.4, 0.5) is 5.69 Å². The molecule has 0 amide bonds. The number of carbonyl (C=O) groups is 1. The van der Waals surface area contributed by atoms with Crippen molar-refractivity contribution in [3.63, 3.8) is 0 Å². The number of ketones is 1. The third-order valence-corrected chi connectivity index (χ3v) is 3.99. The molecule has 3 rings (SSSR count). The third-order valence-electron chi connectivity index (χ3n) is 3.99. The molecular weight excluding hydrogens is 286 g/mol. The maximum Gasteiger partial charge on any atom is 0.158 e. The van der Waals surface area contributed by atoms with E-state index in [1.807, 2.05) is 49.4 Å². The number of benzene rings is 2. The van der Waals surface area contributed by atoms with Crippen molar-refractivity contribution in [3.05, 3.63) is 71.9 Å². The molecule has 3 heteroatoms. The average molecular weight is 307 g/mol. The summed E-state index contributed by atoms with van der Waals surface area (Å²) in [5.41, 5.74) is 3.17. The molecule has 0 heterocycles. The monoisotopic (exact) mass is 307 g/mol. The molecule has 1 atom stereocenters. The normalized spacial score (nSPS) is 17.5. The topological polar surface area (TPSA) is 38.3 Å². The molecule has 23 heavy (non-hydrogen) atoms. The van der Waals surface area contributed by atoms with Gasteiger partial charge in [-0.3, -0.25) is 4.79 Å². The molecule has 1 N–H and O–H groups in total. The lowest BCUT2D eigenvalue weighted by Gasteiger charge is -2.23. The molecular formula is C20H21NO2. The van der Waals surface area contributed by atoms with E-state index in [-0.39, 0.29) is 11.7 Å². The molecule has 0 aliphatic heterocycles. The molecule has 0 unspecified atom stereocenters. The van der Waals surface area contributed by atoms with Gasteiger partial charge in [0.1, 0.15) is 5.75 Å². The summed E-state index contributed by atoms with van der Waals surface area (Å²) >= 11 is 0. The molecule has 0 radical (unpaired) electrons. The highest BCUT2D eigenvalue weighted by Gasteiger charge is 2.22. The van der Waals surface area contributed by atoms with Crippen LogP contribution in [0.25, 0.3) is 0 Å². The van der Waals surface area contributed by atoms with Gasteiger partial charge in [0, 0.05) is 23.9 Å². The minimum Gasteiger partial charge on any atom is -0.494 e. The van der Waals surface area contributed by atoms with E-state index in [0.717, 1.165) is 23.6 Å². The molecule has 118 valence electrons. The Balaban J connectivity index is 1.71. The Morgan fingerprint density at radius 2 is 1.78 bits per heavy atom. The van der Waals surface area contributed by atoms with Gasteiger partial charge in [-0.15, -0.1) is 0 Å². The Morgan fingerprint density at radius 3 is 2.48 bits per heavy atom. The van der Waals surface area contributed by atoms with E-state index in [0.29, 0.717) is 13.0 Å². The van der Waals surface area contributed by atoms with Gasteiger partial charge in [-0.2, -0.15) is 0 Å². The summed E-state index contributed by atoms with van der Waals surface area (Å²) in [7, 11) is 0. The van der Waals surface area contributed by atoms with Crippen LogP contribution >= 0.6 is 0 Å². The van der Waals surface area contributed by atoms with E-state index < -0.39 is 0 Å². The smallest absolute Gasteiger partial charge is 0.158 e. The van der Waals surface area contributed by atoms with Crippen LogP contribution in [-0.2, 0) is 4.79 Å². The summed E-state index contributed by atoms with van der Waals surface area (Å²) < 4.78 is 5.45. The van der Waals surface area contributed by atoms with Crippen LogP contribution in [0.5, 0.6) is 5.75 Å². The van der Waals surface area contributed by atoms with Crippen LogP contribution in [-0.4, -0.2) is 12.4 Å². The van der Waals surface area contributed by atoms with Gasteiger partial charge in [0.2, 0.25) is 0 Å². The largest absolute Gasteiger partial charge is 0.494 e. The average Bonchev–Trinajstić information content (AvgIpc) is 2.57. The van der Waals surface area contributed by atoms with Crippen LogP contribution in [0, 0.1) is 0 Å². The van der Waals surface area contributed by atoms with Gasteiger partial charge in [-0.1, -0.05) is 30.3 Å². The van der Waals surface area contributed by atoms with Crippen molar-refractivity contribution in [2.75, 3.05) is 11.9 Å². The number of hydrogen-bond donors (Lipinski definition) is 1. The Labute approximate surface area is 137 Å². The SMILES string of the molecule is CCOc1ccc(NC2=CC(=O)C[C@H](c3ccccc3)C2)cc1. The molecule has 3 nitrogen and oxygen atoms in total. The third kappa shape index (κ3) is 4.01. The van der Waals surface area contributed by atoms with Crippen molar-refractivity contribution in [2.24, 2.45) is 0 Å². The fourth-order valence-corrected chi connectivity index (χ4v) is 2.93. The fourth-order valence-electron chi connectivity index (χ4n) is 2.93. The number of rotatable bonds is 5. The first-order valence-corrected chi connectivity index (χ1v) is 8.03. The van der Waals surface area contributed by atoms with Gasteiger partial charge in [0.15, 0.2) is 5.78 Å². The van der Waals surface area contributed by atoms with Gasteiger partial charge in [0.05, 0.1) is 6.61 Å². The van der Waals surface area contributed by atoms with E-state index in [1.54, 1.807) is 6.08 Å². The zero-order valence-electron chi connectivity index (χ0n) is 13.3. The molecule has 2 aromatic carbocycles. The number of anilines is 1. The number of ether oxygens (including phenoxy) is 1. The van der Waals surface area contributed by atoms with E-state index >= 15 is 0 Å². The lowest BCUT2D eigenvalue weighted by Crippen LogP contribution is -2.16. The van der Waals surface area contributed by atoms with E-state index in [4.69, 9.17) is 4.74 Å². The summed E-state index contributed by atoms with van der Waals surface area (Å²) in [5.74, 6) is 1.28. The molecule has 0 saturated carbocycles. The van der Waals surface area contributed by atoms with Crippen LogP contribution < -0.4 is 10.1 Å². The maximum absolute atomic E-state index is 12.1. The molecule has 2 aromatic rings. The van der Waals surface area contributed by atoms with E-state index in [2.05, 4.69) is 17.4 Å². The van der Waals surface area contributed by atoms with Crippen LogP contribution in [0.3, 0.4) is 0 Å². The van der Waals surface area contributed by atoms with Gasteiger partial charge >= 0.3 is 0 Å². The Bertz CT molecular complexity index is 689. The Hall–Kier alpha value is -2.55. The quantitative estimate of drug-likeness (QED) is 0.882. The van der Waals surface area contributed by atoms with Crippen LogP contribution in [0.1, 0.15) is 31.2 Å². The first-order chi connectivity index (χ1) is 11.2. The number of nitrogens with one attached hydrogen (secondary N) is 1. The van der Waals surface area contributed by atoms with Crippen molar-refractivity contribution in [3.8, 4) is 5.75 Å². The predicted molar refractivity (Wildman–Crippen MR) is 92.7 cm³/mol. The second kappa shape index (κ2) is 7.14. The summed E-state index contributed by atoms with van der Waals surface area (Å²) in [6.45, 7) is 2.62. The molecule has 1 aliphatic rings. The highest BCUT2D eigenvalue weighted by molar-refractivity contribution is 5.92. The number of allylic oxidation sites excluding steroid dienone is 2. The van der Waals surface area contributed by atoms with Gasteiger partial charge < -0.3 is 10.1 Å². The standard InChI is InChI=1S/C20H21NO2/c1-2-23-20-10-8-17(9-11-20)21-18-12-16(13-19(22)14-18)15-6-4-3-5-7-15/h3-11,14,16,21H,2,12-13H2,1H3/t16-/m1/s1. The van der Waals surface area contributed by atoms with E-state index in [1.165, 1.54) is 5.56 Å². The first kappa shape index (κ1) is 15.3.